The number of nitrogen functional groups attached to an aromatic ring is 1. The molecule has 0 aliphatic carbocycles. The number of hydrogen-bond donors (Lipinski definition) is 2. The van der Waals surface area contributed by atoms with Crippen LogP contribution < -0.4 is 11.1 Å². The van der Waals surface area contributed by atoms with Crippen LogP contribution in [-0.4, -0.2) is 17.3 Å². The highest BCUT2D eigenvalue weighted by Gasteiger charge is 2.14. The predicted molar refractivity (Wildman–Crippen MR) is 91.6 cm³/mol. The Kier molecular flexibility index (Phi) is 6.08. The minimum atomic E-state index is 0.227. The molecular weight excluding hydrogens is 278 g/mol. The highest BCUT2D eigenvalue weighted by molar-refractivity contribution is 7.99. The van der Waals surface area contributed by atoms with Gasteiger partial charge in [-0.25, -0.2) is 4.98 Å². The zero-order valence-electron chi connectivity index (χ0n) is 12.7. The minimum absolute atomic E-state index is 0.227. The molecule has 21 heavy (non-hydrogen) atoms. The molecule has 2 aromatic rings. The first-order chi connectivity index (χ1) is 10.2. The van der Waals surface area contributed by atoms with Gasteiger partial charge in [-0.1, -0.05) is 30.7 Å². The van der Waals surface area contributed by atoms with E-state index in [2.05, 4.69) is 54.5 Å². The molecule has 0 aliphatic rings. The standard InChI is InChI=1S/C17H23N3S/c1-3-10-19-16(15-5-4-11-20-17(15)18)12-21-14-8-6-13(2)7-9-14/h4-9,11,16,19H,3,10,12H2,1-2H3,(H2,18,20). The van der Waals surface area contributed by atoms with E-state index in [1.54, 1.807) is 6.20 Å². The number of pyridine rings is 1. The van der Waals surface area contributed by atoms with Crippen molar-refractivity contribution in [1.82, 2.24) is 10.3 Å². The molecule has 112 valence electrons. The molecule has 0 aliphatic heterocycles. The van der Waals surface area contributed by atoms with E-state index in [9.17, 15) is 0 Å². The second-order valence-corrected chi connectivity index (χ2v) is 6.20. The summed E-state index contributed by atoms with van der Waals surface area (Å²) in [6.07, 6.45) is 2.84. The topological polar surface area (TPSA) is 50.9 Å². The summed E-state index contributed by atoms with van der Waals surface area (Å²) in [6, 6.07) is 12.9. The third-order valence-electron chi connectivity index (χ3n) is 3.33. The van der Waals surface area contributed by atoms with E-state index in [-0.39, 0.29) is 6.04 Å². The lowest BCUT2D eigenvalue weighted by Gasteiger charge is -2.19. The van der Waals surface area contributed by atoms with Crippen LogP contribution in [0.4, 0.5) is 5.82 Å². The molecule has 0 bridgehead atoms. The van der Waals surface area contributed by atoms with E-state index in [0.717, 1.165) is 24.3 Å². The molecule has 3 nitrogen and oxygen atoms in total. The monoisotopic (exact) mass is 301 g/mol. The lowest BCUT2D eigenvalue weighted by Crippen LogP contribution is -2.25. The molecule has 0 amide bonds. The molecule has 0 radical (unpaired) electrons. The van der Waals surface area contributed by atoms with Crippen molar-refractivity contribution in [2.24, 2.45) is 0 Å². The van der Waals surface area contributed by atoms with Crippen molar-refractivity contribution in [2.75, 3.05) is 18.0 Å². The van der Waals surface area contributed by atoms with E-state index < -0.39 is 0 Å². The molecule has 1 heterocycles. The molecule has 1 atom stereocenters. The zero-order valence-corrected chi connectivity index (χ0v) is 13.5. The third kappa shape index (κ3) is 4.76. The summed E-state index contributed by atoms with van der Waals surface area (Å²) in [7, 11) is 0. The second kappa shape index (κ2) is 8.05. The van der Waals surface area contributed by atoms with Gasteiger partial charge in [0, 0.05) is 28.5 Å². The van der Waals surface area contributed by atoms with Gasteiger partial charge in [0.05, 0.1) is 0 Å². The summed E-state index contributed by atoms with van der Waals surface area (Å²) in [5, 5.41) is 3.57. The quantitative estimate of drug-likeness (QED) is 0.764. The molecule has 0 saturated heterocycles. The van der Waals surface area contributed by atoms with Gasteiger partial charge in [0.1, 0.15) is 5.82 Å². The number of rotatable bonds is 7. The van der Waals surface area contributed by atoms with Gasteiger partial charge in [0.15, 0.2) is 0 Å². The molecule has 0 saturated carbocycles. The van der Waals surface area contributed by atoms with Gasteiger partial charge in [0.2, 0.25) is 0 Å². The Hall–Kier alpha value is -1.52. The Labute approximate surface area is 131 Å². The van der Waals surface area contributed by atoms with Crippen molar-refractivity contribution < 1.29 is 0 Å². The number of hydrogen-bond acceptors (Lipinski definition) is 4. The summed E-state index contributed by atoms with van der Waals surface area (Å²) in [4.78, 5) is 5.49. The average Bonchev–Trinajstić information content (AvgIpc) is 2.50. The van der Waals surface area contributed by atoms with Crippen LogP contribution in [0.3, 0.4) is 0 Å². The van der Waals surface area contributed by atoms with Gasteiger partial charge >= 0.3 is 0 Å². The molecule has 1 aromatic carbocycles. The van der Waals surface area contributed by atoms with E-state index in [1.165, 1.54) is 10.5 Å². The number of thioether (sulfide) groups is 1. The fourth-order valence-electron chi connectivity index (χ4n) is 2.12. The smallest absolute Gasteiger partial charge is 0.128 e. The Balaban J connectivity index is 2.06. The van der Waals surface area contributed by atoms with Crippen molar-refractivity contribution in [2.45, 2.75) is 31.2 Å². The maximum atomic E-state index is 6.02. The highest BCUT2D eigenvalue weighted by atomic mass is 32.2. The lowest BCUT2D eigenvalue weighted by molar-refractivity contribution is 0.577. The lowest BCUT2D eigenvalue weighted by atomic mass is 10.1. The molecular formula is C17H23N3S. The van der Waals surface area contributed by atoms with Crippen molar-refractivity contribution in [1.29, 1.82) is 0 Å². The van der Waals surface area contributed by atoms with Crippen LogP contribution in [0.1, 0.15) is 30.5 Å². The zero-order chi connectivity index (χ0) is 15.1. The number of anilines is 1. The number of nitrogens with two attached hydrogens (primary N) is 1. The van der Waals surface area contributed by atoms with Gasteiger partial charge in [-0.05, 0) is 38.1 Å². The van der Waals surface area contributed by atoms with E-state index in [4.69, 9.17) is 5.73 Å². The van der Waals surface area contributed by atoms with Gasteiger partial charge in [-0.3, -0.25) is 0 Å². The Morgan fingerprint density at radius 2 is 2.00 bits per heavy atom. The summed E-state index contributed by atoms with van der Waals surface area (Å²) in [5.74, 6) is 1.56. The first kappa shape index (κ1) is 15.9. The minimum Gasteiger partial charge on any atom is -0.383 e. The summed E-state index contributed by atoms with van der Waals surface area (Å²) in [6.45, 7) is 5.26. The van der Waals surface area contributed by atoms with E-state index in [1.807, 2.05) is 17.8 Å². The Morgan fingerprint density at radius 3 is 2.67 bits per heavy atom. The third-order valence-corrected chi connectivity index (χ3v) is 4.43. The normalized spacial score (nSPS) is 12.3. The van der Waals surface area contributed by atoms with Crippen LogP contribution in [-0.2, 0) is 0 Å². The SMILES string of the molecule is CCCNC(CSc1ccc(C)cc1)c1cccnc1N. The second-order valence-electron chi connectivity index (χ2n) is 5.11. The van der Waals surface area contributed by atoms with Crippen molar-refractivity contribution in [3.63, 3.8) is 0 Å². The largest absolute Gasteiger partial charge is 0.383 e. The summed E-state index contributed by atoms with van der Waals surface area (Å²) >= 11 is 1.85. The first-order valence-corrected chi connectivity index (χ1v) is 8.32. The number of aromatic nitrogens is 1. The summed E-state index contributed by atoms with van der Waals surface area (Å²) in [5.41, 5.74) is 8.40. The van der Waals surface area contributed by atoms with Crippen molar-refractivity contribution in [3.8, 4) is 0 Å². The van der Waals surface area contributed by atoms with Crippen LogP contribution in [0.25, 0.3) is 0 Å². The van der Waals surface area contributed by atoms with Gasteiger partial charge in [-0.15, -0.1) is 11.8 Å². The molecule has 1 unspecified atom stereocenters. The molecule has 4 heteroatoms. The maximum absolute atomic E-state index is 6.02. The molecule has 0 fully saturated rings. The molecule has 1 aromatic heterocycles. The highest BCUT2D eigenvalue weighted by Crippen LogP contribution is 2.27. The van der Waals surface area contributed by atoms with Crippen LogP contribution >= 0.6 is 11.8 Å². The van der Waals surface area contributed by atoms with E-state index in [0.29, 0.717) is 5.82 Å². The van der Waals surface area contributed by atoms with Gasteiger partial charge in [0.25, 0.3) is 0 Å². The number of aryl methyl sites for hydroxylation is 1. The van der Waals surface area contributed by atoms with Gasteiger partial charge < -0.3 is 11.1 Å². The van der Waals surface area contributed by atoms with Crippen LogP contribution in [0, 0.1) is 6.92 Å². The average molecular weight is 301 g/mol. The van der Waals surface area contributed by atoms with Crippen molar-refractivity contribution >= 4 is 17.6 Å². The number of benzene rings is 1. The van der Waals surface area contributed by atoms with Crippen LogP contribution in [0.5, 0.6) is 0 Å². The number of nitrogens with one attached hydrogen (secondary N) is 1. The number of nitrogens with zero attached hydrogens (tertiary/aromatic N) is 1. The fraction of sp³-hybridized carbons (Fsp3) is 0.353. The Bertz CT molecular complexity index is 554. The predicted octanol–water partition coefficient (Wildman–Crippen LogP) is 3.81. The Morgan fingerprint density at radius 1 is 1.24 bits per heavy atom. The van der Waals surface area contributed by atoms with Crippen LogP contribution in [0.15, 0.2) is 47.5 Å². The van der Waals surface area contributed by atoms with Crippen LogP contribution in [0.2, 0.25) is 0 Å². The van der Waals surface area contributed by atoms with Gasteiger partial charge in [-0.2, -0.15) is 0 Å². The first-order valence-electron chi connectivity index (χ1n) is 7.34. The summed E-state index contributed by atoms with van der Waals surface area (Å²) < 4.78 is 0. The maximum Gasteiger partial charge on any atom is 0.128 e. The molecule has 0 spiro atoms. The fourth-order valence-corrected chi connectivity index (χ4v) is 3.10. The molecule has 2 rings (SSSR count). The van der Waals surface area contributed by atoms with E-state index >= 15 is 0 Å². The van der Waals surface area contributed by atoms with Crippen molar-refractivity contribution in [3.05, 3.63) is 53.7 Å². The molecule has 3 N–H and O–H groups in total.